The van der Waals surface area contributed by atoms with Crippen molar-refractivity contribution in [3.05, 3.63) is 74.9 Å². The first-order valence-electron chi connectivity index (χ1n) is 8.99. The van der Waals surface area contributed by atoms with E-state index in [1.807, 2.05) is 0 Å². The number of nitrogens with one attached hydrogen (secondary N) is 2. The molecule has 152 valence electrons. The van der Waals surface area contributed by atoms with Gasteiger partial charge in [0.25, 0.3) is 11.2 Å². The standard InChI is InChI=1S/C19H15FN6O4/c20-12-5-3-11(4-6-12)18-24-17(30-25-18)2-1-7-21-15-9-14-13(8-16(15)26(28)29)19(27)23-10-22-14/h3-6,8-10,21H,1-2,7H2,(H,22,23,27). The molecule has 0 aliphatic carbocycles. The van der Waals surface area contributed by atoms with Gasteiger partial charge in [-0.2, -0.15) is 4.98 Å². The van der Waals surface area contributed by atoms with E-state index in [-0.39, 0.29) is 22.6 Å². The number of benzene rings is 2. The highest BCUT2D eigenvalue weighted by atomic mass is 19.1. The molecule has 0 atom stereocenters. The first-order chi connectivity index (χ1) is 14.5. The number of rotatable bonds is 7. The van der Waals surface area contributed by atoms with Gasteiger partial charge in [-0.15, -0.1) is 0 Å². The summed E-state index contributed by atoms with van der Waals surface area (Å²) >= 11 is 0. The molecule has 0 spiro atoms. The summed E-state index contributed by atoms with van der Waals surface area (Å²) in [5.41, 5.74) is 0.606. The normalized spacial score (nSPS) is 11.0. The third-order valence-corrected chi connectivity index (χ3v) is 4.41. The Hall–Kier alpha value is -4.15. The largest absolute Gasteiger partial charge is 0.379 e. The number of nitro benzene ring substituents is 1. The molecule has 4 rings (SSSR count). The summed E-state index contributed by atoms with van der Waals surface area (Å²) in [6, 6.07) is 8.42. The summed E-state index contributed by atoms with van der Waals surface area (Å²) in [5, 5.41) is 18.4. The Morgan fingerprint density at radius 3 is 2.80 bits per heavy atom. The number of anilines is 1. The number of H-pyrrole nitrogens is 1. The van der Waals surface area contributed by atoms with Gasteiger partial charge in [0.05, 0.1) is 22.2 Å². The molecule has 0 unspecified atom stereocenters. The van der Waals surface area contributed by atoms with Crippen LogP contribution in [0.3, 0.4) is 0 Å². The molecule has 2 heterocycles. The third kappa shape index (κ3) is 3.99. The van der Waals surface area contributed by atoms with Crippen molar-refractivity contribution in [2.75, 3.05) is 11.9 Å². The van der Waals surface area contributed by atoms with E-state index in [0.717, 1.165) is 0 Å². The molecule has 0 bridgehead atoms. The van der Waals surface area contributed by atoms with E-state index in [4.69, 9.17) is 4.52 Å². The van der Waals surface area contributed by atoms with Crippen molar-refractivity contribution in [1.82, 2.24) is 20.1 Å². The van der Waals surface area contributed by atoms with E-state index >= 15 is 0 Å². The average molecular weight is 410 g/mol. The van der Waals surface area contributed by atoms with Gasteiger partial charge in [-0.3, -0.25) is 14.9 Å². The van der Waals surface area contributed by atoms with Gasteiger partial charge in [0.15, 0.2) is 0 Å². The van der Waals surface area contributed by atoms with Crippen molar-refractivity contribution in [2.45, 2.75) is 12.8 Å². The lowest BCUT2D eigenvalue weighted by Crippen LogP contribution is -2.09. The molecule has 0 aliphatic heterocycles. The summed E-state index contributed by atoms with van der Waals surface area (Å²) in [6.07, 6.45) is 2.25. The van der Waals surface area contributed by atoms with Gasteiger partial charge in [0.2, 0.25) is 11.7 Å². The fraction of sp³-hybridized carbons (Fsp3) is 0.158. The molecule has 2 aromatic heterocycles. The van der Waals surface area contributed by atoms with Crippen LogP contribution >= 0.6 is 0 Å². The van der Waals surface area contributed by atoms with Gasteiger partial charge in [-0.05, 0) is 36.8 Å². The molecule has 2 aromatic carbocycles. The Balaban J connectivity index is 1.42. The molecule has 11 heteroatoms. The first-order valence-corrected chi connectivity index (χ1v) is 8.99. The Morgan fingerprint density at radius 2 is 2.03 bits per heavy atom. The number of aromatic nitrogens is 4. The highest BCUT2D eigenvalue weighted by Gasteiger charge is 2.17. The van der Waals surface area contributed by atoms with Gasteiger partial charge >= 0.3 is 0 Å². The number of nitro groups is 1. The Kier molecular flexibility index (Phi) is 5.16. The molecule has 10 nitrogen and oxygen atoms in total. The predicted octanol–water partition coefficient (Wildman–Crippen LogP) is 3.07. The van der Waals surface area contributed by atoms with E-state index in [9.17, 15) is 19.3 Å². The number of nitrogens with zero attached hydrogens (tertiary/aromatic N) is 4. The maximum atomic E-state index is 13.0. The molecule has 0 aliphatic rings. The van der Waals surface area contributed by atoms with Crippen LogP contribution in [0.1, 0.15) is 12.3 Å². The molecule has 4 aromatic rings. The Morgan fingerprint density at radius 1 is 1.23 bits per heavy atom. The lowest BCUT2D eigenvalue weighted by Gasteiger charge is -2.07. The van der Waals surface area contributed by atoms with Crippen LogP contribution < -0.4 is 10.9 Å². The number of hydrogen-bond acceptors (Lipinski definition) is 8. The van der Waals surface area contributed by atoms with E-state index in [1.54, 1.807) is 12.1 Å². The molecule has 0 saturated heterocycles. The summed E-state index contributed by atoms with van der Waals surface area (Å²) in [7, 11) is 0. The van der Waals surface area contributed by atoms with Crippen molar-refractivity contribution in [1.29, 1.82) is 0 Å². The van der Waals surface area contributed by atoms with Crippen LogP contribution in [0.4, 0.5) is 15.8 Å². The predicted molar refractivity (Wildman–Crippen MR) is 106 cm³/mol. The van der Waals surface area contributed by atoms with Crippen LogP contribution in [0.5, 0.6) is 0 Å². The lowest BCUT2D eigenvalue weighted by molar-refractivity contribution is -0.383. The number of halogens is 1. The second-order valence-electron chi connectivity index (χ2n) is 6.42. The summed E-state index contributed by atoms with van der Waals surface area (Å²) < 4.78 is 18.2. The zero-order valence-corrected chi connectivity index (χ0v) is 15.5. The second-order valence-corrected chi connectivity index (χ2v) is 6.42. The Bertz CT molecular complexity index is 1270. The maximum absolute atomic E-state index is 13.0. The monoisotopic (exact) mass is 410 g/mol. The number of hydrogen-bond donors (Lipinski definition) is 2. The minimum absolute atomic E-state index is 0.147. The Labute approximate surface area is 167 Å². The smallest absolute Gasteiger partial charge is 0.293 e. The van der Waals surface area contributed by atoms with E-state index in [2.05, 4.69) is 25.4 Å². The average Bonchev–Trinajstić information content (AvgIpc) is 3.20. The van der Waals surface area contributed by atoms with Crippen LogP contribution in [0, 0.1) is 15.9 Å². The van der Waals surface area contributed by atoms with Gasteiger partial charge in [0, 0.05) is 24.6 Å². The van der Waals surface area contributed by atoms with E-state index in [1.165, 1.54) is 30.6 Å². The van der Waals surface area contributed by atoms with Gasteiger partial charge in [0.1, 0.15) is 11.5 Å². The van der Waals surface area contributed by atoms with Crippen molar-refractivity contribution in [3.63, 3.8) is 0 Å². The number of aryl methyl sites for hydroxylation is 1. The van der Waals surface area contributed by atoms with Gasteiger partial charge in [-0.25, -0.2) is 9.37 Å². The van der Waals surface area contributed by atoms with Gasteiger partial charge < -0.3 is 14.8 Å². The van der Waals surface area contributed by atoms with Crippen LogP contribution in [-0.2, 0) is 6.42 Å². The third-order valence-electron chi connectivity index (χ3n) is 4.41. The zero-order valence-electron chi connectivity index (χ0n) is 15.5. The fourth-order valence-electron chi connectivity index (χ4n) is 2.93. The molecular weight excluding hydrogens is 395 g/mol. The topological polar surface area (TPSA) is 140 Å². The molecule has 30 heavy (non-hydrogen) atoms. The van der Waals surface area contributed by atoms with Crippen LogP contribution in [0.15, 0.2) is 52.0 Å². The van der Waals surface area contributed by atoms with E-state index in [0.29, 0.717) is 42.2 Å². The van der Waals surface area contributed by atoms with Crippen molar-refractivity contribution >= 4 is 22.3 Å². The zero-order chi connectivity index (χ0) is 21.1. The quantitative estimate of drug-likeness (QED) is 0.269. The molecule has 0 amide bonds. The summed E-state index contributed by atoms with van der Waals surface area (Å²) in [4.78, 5) is 33.3. The SMILES string of the molecule is O=c1[nH]cnc2cc(NCCCc3nc(-c4ccc(F)cc4)no3)c([N+](=O)[O-])cc12. The van der Waals surface area contributed by atoms with Crippen LogP contribution in [0.25, 0.3) is 22.3 Å². The molecule has 0 saturated carbocycles. The van der Waals surface area contributed by atoms with Crippen molar-refractivity contribution in [3.8, 4) is 11.4 Å². The molecule has 2 N–H and O–H groups in total. The highest BCUT2D eigenvalue weighted by Crippen LogP contribution is 2.28. The highest BCUT2D eigenvalue weighted by molar-refractivity contribution is 5.86. The van der Waals surface area contributed by atoms with Crippen molar-refractivity contribution in [2.24, 2.45) is 0 Å². The molecular formula is C19H15FN6O4. The fourth-order valence-corrected chi connectivity index (χ4v) is 2.93. The van der Waals surface area contributed by atoms with E-state index < -0.39 is 10.5 Å². The molecule has 0 fully saturated rings. The summed E-state index contributed by atoms with van der Waals surface area (Å²) in [6.45, 7) is 0.393. The number of fused-ring (bicyclic) bond motifs is 1. The molecule has 0 radical (unpaired) electrons. The summed E-state index contributed by atoms with van der Waals surface area (Å²) in [5.74, 6) is 0.410. The second kappa shape index (κ2) is 8.07. The van der Waals surface area contributed by atoms with Gasteiger partial charge in [-0.1, -0.05) is 5.16 Å². The minimum atomic E-state index is -0.554. The first kappa shape index (κ1) is 19.2. The minimum Gasteiger partial charge on any atom is -0.379 e. The maximum Gasteiger partial charge on any atom is 0.293 e. The number of aromatic amines is 1. The lowest BCUT2D eigenvalue weighted by atomic mass is 10.2. The van der Waals surface area contributed by atoms with Crippen LogP contribution in [0.2, 0.25) is 0 Å². The van der Waals surface area contributed by atoms with Crippen molar-refractivity contribution < 1.29 is 13.8 Å². The van der Waals surface area contributed by atoms with Crippen LogP contribution in [-0.4, -0.2) is 31.6 Å².